The van der Waals surface area contributed by atoms with Crippen LogP contribution in [0.1, 0.15) is 18.6 Å². The summed E-state index contributed by atoms with van der Waals surface area (Å²) in [5, 5.41) is 0. The van der Waals surface area contributed by atoms with Crippen molar-refractivity contribution in [2.24, 2.45) is 0 Å². The third kappa shape index (κ3) is 5.23. The average Bonchev–Trinajstić information content (AvgIpc) is 2.19. The lowest BCUT2D eigenvalue weighted by molar-refractivity contribution is 0.0762. The van der Waals surface area contributed by atoms with Crippen LogP contribution in [0.25, 0.3) is 0 Å². The van der Waals surface area contributed by atoms with Gasteiger partial charge in [-0.25, -0.2) is 0 Å². The summed E-state index contributed by atoms with van der Waals surface area (Å²) in [4.78, 5) is 0. The summed E-state index contributed by atoms with van der Waals surface area (Å²) in [6, 6.07) is 7.09. The molecule has 1 atom stereocenters. The van der Waals surface area contributed by atoms with E-state index in [1.807, 2.05) is 18.2 Å². The highest BCUT2D eigenvalue weighted by molar-refractivity contribution is 9.10. The van der Waals surface area contributed by atoms with E-state index in [1.165, 1.54) is 6.04 Å². The zero-order valence-electron chi connectivity index (χ0n) is 11.1. The van der Waals surface area contributed by atoms with Crippen LogP contribution in [0.4, 0.5) is 5.69 Å². The Kier molecular flexibility index (Phi) is 5.22. The molecule has 0 radical (unpaired) electrons. The first kappa shape index (κ1) is 14.7. The van der Waals surface area contributed by atoms with Gasteiger partial charge in [-0.15, -0.1) is 0 Å². The van der Waals surface area contributed by atoms with Crippen LogP contribution in [0.15, 0.2) is 22.7 Å². The van der Waals surface area contributed by atoms with Gasteiger partial charge in [0.15, 0.2) is 0 Å². The molecule has 0 amide bonds. The molecule has 1 unspecified atom stereocenters. The molecule has 1 aromatic rings. The zero-order chi connectivity index (χ0) is 13.1. The first-order valence-corrected chi connectivity index (χ1v) is 10.5. The fourth-order valence-electron chi connectivity index (χ4n) is 1.53. The lowest BCUT2D eigenvalue weighted by Crippen LogP contribution is -2.22. The highest BCUT2D eigenvalue weighted by Crippen LogP contribution is 2.27. The number of hydrogen-bond acceptors (Lipinski definition) is 2. The number of halogens is 1. The van der Waals surface area contributed by atoms with E-state index in [9.17, 15) is 0 Å². The molecule has 0 aliphatic carbocycles. The highest BCUT2D eigenvalue weighted by atomic mass is 79.9. The number of nitrogens with two attached hydrogens (primary N) is 1. The molecule has 2 N–H and O–H groups in total. The van der Waals surface area contributed by atoms with Gasteiger partial charge >= 0.3 is 0 Å². The van der Waals surface area contributed by atoms with E-state index in [0.717, 1.165) is 22.3 Å². The van der Waals surface area contributed by atoms with E-state index in [4.69, 9.17) is 10.5 Å². The molecule has 2 nitrogen and oxygen atoms in total. The van der Waals surface area contributed by atoms with Crippen LogP contribution in [-0.4, -0.2) is 14.7 Å². The molecule has 4 heteroatoms. The van der Waals surface area contributed by atoms with Gasteiger partial charge in [-0.1, -0.05) is 35.6 Å². The lowest BCUT2D eigenvalue weighted by Gasteiger charge is -2.20. The number of rotatable bonds is 5. The maximum Gasteiger partial charge on any atom is 0.0816 e. The van der Waals surface area contributed by atoms with Gasteiger partial charge in [-0.2, -0.15) is 0 Å². The first-order chi connectivity index (χ1) is 7.79. The van der Waals surface area contributed by atoms with Crippen molar-refractivity contribution in [3.05, 3.63) is 28.2 Å². The maximum absolute atomic E-state index is 5.96. The maximum atomic E-state index is 5.96. The fourth-order valence-corrected chi connectivity index (χ4v) is 2.64. The minimum atomic E-state index is -1.02. The molecule has 1 aromatic carbocycles. The van der Waals surface area contributed by atoms with Gasteiger partial charge in [0, 0.05) is 30.4 Å². The molecule has 0 bridgehead atoms. The quantitative estimate of drug-likeness (QED) is 0.643. The van der Waals surface area contributed by atoms with Gasteiger partial charge in [0.25, 0.3) is 0 Å². The Labute approximate surface area is 114 Å². The molecule has 0 fully saturated rings. The van der Waals surface area contributed by atoms with Crippen molar-refractivity contribution in [3.8, 4) is 0 Å². The van der Waals surface area contributed by atoms with Crippen molar-refractivity contribution in [2.75, 3.05) is 12.3 Å². The SMILES string of the molecule is CC(OCC[Si](C)(C)C)c1cc(Br)ccc1N. The second-order valence-corrected chi connectivity index (χ2v) is 12.1. The van der Waals surface area contributed by atoms with Crippen LogP contribution < -0.4 is 5.73 Å². The predicted molar refractivity (Wildman–Crippen MR) is 81.1 cm³/mol. The third-order valence-corrected chi connectivity index (χ3v) is 4.90. The Hall–Kier alpha value is -0.323. The molecule has 17 heavy (non-hydrogen) atoms. The Balaban J connectivity index is 2.58. The number of benzene rings is 1. The second kappa shape index (κ2) is 6.02. The van der Waals surface area contributed by atoms with Crippen LogP contribution in [0, 0.1) is 0 Å². The summed E-state index contributed by atoms with van der Waals surface area (Å²) >= 11 is 3.46. The van der Waals surface area contributed by atoms with E-state index in [2.05, 4.69) is 42.5 Å². The number of ether oxygens (including phenoxy) is 1. The van der Waals surface area contributed by atoms with Crippen molar-refractivity contribution in [1.82, 2.24) is 0 Å². The van der Waals surface area contributed by atoms with E-state index in [0.29, 0.717) is 0 Å². The second-order valence-electron chi connectivity index (χ2n) is 5.60. The Morgan fingerprint density at radius 3 is 2.59 bits per heavy atom. The Morgan fingerprint density at radius 1 is 1.35 bits per heavy atom. The van der Waals surface area contributed by atoms with Gasteiger partial charge in [0.1, 0.15) is 0 Å². The van der Waals surface area contributed by atoms with Crippen molar-refractivity contribution >= 4 is 29.7 Å². The molecular weight excluding hydrogens is 294 g/mol. The topological polar surface area (TPSA) is 35.2 Å². The van der Waals surface area contributed by atoms with Gasteiger partial charge in [0.2, 0.25) is 0 Å². The minimum absolute atomic E-state index is 0.0591. The average molecular weight is 316 g/mol. The third-order valence-electron chi connectivity index (χ3n) is 2.71. The summed E-state index contributed by atoms with van der Waals surface area (Å²) in [5.74, 6) is 0. The summed E-state index contributed by atoms with van der Waals surface area (Å²) < 4.78 is 6.92. The van der Waals surface area contributed by atoms with E-state index >= 15 is 0 Å². The monoisotopic (exact) mass is 315 g/mol. The predicted octanol–water partition coefficient (Wildman–Crippen LogP) is 4.45. The Bertz CT molecular complexity index is 376. The number of hydrogen-bond donors (Lipinski definition) is 1. The number of nitrogen functional groups attached to an aromatic ring is 1. The first-order valence-electron chi connectivity index (χ1n) is 5.96. The molecule has 0 heterocycles. The van der Waals surface area contributed by atoms with Gasteiger partial charge < -0.3 is 10.5 Å². The molecule has 0 saturated carbocycles. The van der Waals surface area contributed by atoms with Crippen molar-refractivity contribution in [3.63, 3.8) is 0 Å². The smallest absolute Gasteiger partial charge is 0.0816 e. The van der Waals surface area contributed by atoms with E-state index in [-0.39, 0.29) is 6.10 Å². The summed E-state index contributed by atoms with van der Waals surface area (Å²) in [5.41, 5.74) is 7.82. The summed E-state index contributed by atoms with van der Waals surface area (Å²) in [6.45, 7) is 9.95. The molecule has 0 aromatic heterocycles. The Morgan fingerprint density at radius 2 is 2.00 bits per heavy atom. The molecular formula is C13H22BrNOSi. The molecule has 96 valence electrons. The molecule has 0 aliphatic heterocycles. The van der Waals surface area contributed by atoms with Crippen LogP contribution in [0.2, 0.25) is 25.7 Å². The van der Waals surface area contributed by atoms with Crippen LogP contribution in [-0.2, 0) is 4.74 Å². The lowest BCUT2D eigenvalue weighted by atomic mass is 10.1. The van der Waals surface area contributed by atoms with Crippen LogP contribution >= 0.6 is 15.9 Å². The molecule has 1 rings (SSSR count). The van der Waals surface area contributed by atoms with Crippen molar-refractivity contribution < 1.29 is 4.74 Å². The zero-order valence-corrected chi connectivity index (χ0v) is 13.7. The van der Waals surface area contributed by atoms with Gasteiger partial charge in [-0.3, -0.25) is 0 Å². The molecule has 0 spiro atoms. The van der Waals surface area contributed by atoms with Crippen molar-refractivity contribution in [1.29, 1.82) is 0 Å². The van der Waals surface area contributed by atoms with E-state index < -0.39 is 8.07 Å². The van der Waals surface area contributed by atoms with Gasteiger partial charge in [-0.05, 0) is 31.2 Å². The number of anilines is 1. The van der Waals surface area contributed by atoms with Gasteiger partial charge in [0.05, 0.1) is 6.10 Å². The standard InChI is InChI=1S/C13H22BrNOSi/c1-10(16-7-8-17(2,3)4)12-9-11(14)5-6-13(12)15/h5-6,9-10H,7-8,15H2,1-4H3. The highest BCUT2D eigenvalue weighted by Gasteiger charge is 2.15. The largest absolute Gasteiger partial charge is 0.398 e. The van der Waals surface area contributed by atoms with Crippen molar-refractivity contribution in [2.45, 2.75) is 38.7 Å². The molecule has 0 saturated heterocycles. The summed E-state index contributed by atoms with van der Waals surface area (Å²) in [6.07, 6.45) is 0.0591. The minimum Gasteiger partial charge on any atom is -0.398 e. The summed E-state index contributed by atoms with van der Waals surface area (Å²) in [7, 11) is -1.02. The normalized spacial score (nSPS) is 13.7. The molecule has 0 aliphatic rings. The fraction of sp³-hybridized carbons (Fsp3) is 0.538. The van der Waals surface area contributed by atoms with E-state index in [1.54, 1.807) is 0 Å². The van der Waals surface area contributed by atoms with Crippen LogP contribution in [0.3, 0.4) is 0 Å². The van der Waals surface area contributed by atoms with Crippen LogP contribution in [0.5, 0.6) is 0 Å².